The summed E-state index contributed by atoms with van der Waals surface area (Å²) >= 11 is 0. The molecule has 18 heavy (non-hydrogen) atoms. The number of carbonyl (C=O) groups excluding carboxylic acids is 1. The van der Waals surface area contributed by atoms with E-state index in [1.54, 1.807) is 36.3 Å². The molecule has 2 rings (SSSR count). The fourth-order valence-corrected chi connectivity index (χ4v) is 1.93. The van der Waals surface area contributed by atoms with Crippen molar-refractivity contribution in [1.82, 2.24) is 4.90 Å². The van der Waals surface area contributed by atoms with Gasteiger partial charge in [-0.3, -0.25) is 4.79 Å². The second-order valence-electron chi connectivity index (χ2n) is 4.16. The zero-order chi connectivity index (χ0) is 13.0. The summed E-state index contributed by atoms with van der Waals surface area (Å²) in [7, 11) is 1.59. The van der Waals surface area contributed by atoms with Crippen LogP contribution in [-0.4, -0.2) is 55.4 Å². The summed E-state index contributed by atoms with van der Waals surface area (Å²) in [5, 5.41) is 9.05. The van der Waals surface area contributed by atoms with Crippen molar-refractivity contribution in [1.29, 1.82) is 0 Å². The first-order valence-corrected chi connectivity index (χ1v) is 5.90. The second kappa shape index (κ2) is 5.84. The summed E-state index contributed by atoms with van der Waals surface area (Å²) in [6.07, 6.45) is -0.277. The Hall–Kier alpha value is -1.59. The number of benzene rings is 1. The summed E-state index contributed by atoms with van der Waals surface area (Å²) in [6, 6.07) is 7.00. The molecular formula is C13H17NO4. The molecule has 0 spiro atoms. The molecule has 0 saturated carbocycles. The zero-order valence-corrected chi connectivity index (χ0v) is 10.3. The van der Waals surface area contributed by atoms with Gasteiger partial charge in [0.25, 0.3) is 5.91 Å². The Morgan fingerprint density at radius 2 is 2.22 bits per heavy atom. The van der Waals surface area contributed by atoms with Crippen molar-refractivity contribution in [2.45, 2.75) is 6.10 Å². The van der Waals surface area contributed by atoms with E-state index in [1.165, 1.54) is 0 Å². The minimum Gasteiger partial charge on any atom is -0.497 e. The first kappa shape index (κ1) is 12.9. The van der Waals surface area contributed by atoms with Gasteiger partial charge in [-0.05, 0) is 24.3 Å². The monoisotopic (exact) mass is 251 g/mol. The highest BCUT2D eigenvalue weighted by atomic mass is 16.5. The van der Waals surface area contributed by atoms with Crippen molar-refractivity contribution in [2.75, 3.05) is 33.4 Å². The van der Waals surface area contributed by atoms with Gasteiger partial charge in [0.1, 0.15) is 5.75 Å². The molecule has 1 aromatic rings. The maximum atomic E-state index is 12.2. The maximum Gasteiger partial charge on any atom is 0.254 e. The number of methoxy groups -OCH3 is 1. The van der Waals surface area contributed by atoms with Crippen LogP contribution < -0.4 is 4.74 Å². The SMILES string of the molecule is COc1ccc(C(=O)N2CCOC(CO)C2)cc1. The van der Waals surface area contributed by atoms with Gasteiger partial charge in [-0.15, -0.1) is 0 Å². The van der Waals surface area contributed by atoms with Crippen molar-refractivity contribution < 1.29 is 19.4 Å². The third kappa shape index (κ3) is 2.80. The number of hydrogen-bond donors (Lipinski definition) is 1. The minimum absolute atomic E-state index is 0.0422. The Kier molecular flexibility index (Phi) is 4.17. The fourth-order valence-electron chi connectivity index (χ4n) is 1.93. The van der Waals surface area contributed by atoms with Gasteiger partial charge >= 0.3 is 0 Å². The van der Waals surface area contributed by atoms with Gasteiger partial charge in [0.15, 0.2) is 0 Å². The predicted octanol–water partition coefficient (Wildman–Crippen LogP) is 0.528. The smallest absolute Gasteiger partial charge is 0.254 e. The van der Waals surface area contributed by atoms with Crippen LogP contribution in [0.1, 0.15) is 10.4 Å². The molecule has 1 atom stereocenters. The minimum atomic E-state index is -0.277. The van der Waals surface area contributed by atoms with Crippen LogP contribution in [-0.2, 0) is 4.74 Å². The van der Waals surface area contributed by atoms with Crippen molar-refractivity contribution in [3.8, 4) is 5.75 Å². The number of carbonyl (C=O) groups is 1. The average molecular weight is 251 g/mol. The second-order valence-corrected chi connectivity index (χ2v) is 4.16. The number of amides is 1. The van der Waals surface area contributed by atoms with Crippen LogP contribution in [0.15, 0.2) is 24.3 Å². The normalized spacial score (nSPS) is 19.7. The van der Waals surface area contributed by atoms with Gasteiger partial charge in [0.05, 0.1) is 26.4 Å². The number of rotatable bonds is 3. The lowest BCUT2D eigenvalue weighted by Gasteiger charge is -2.32. The quantitative estimate of drug-likeness (QED) is 0.851. The topological polar surface area (TPSA) is 59.0 Å². The third-order valence-corrected chi connectivity index (χ3v) is 2.97. The van der Waals surface area contributed by atoms with Gasteiger partial charge in [-0.25, -0.2) is 0 Å². The van der Waals surface area contributed by atoms with Crippen molar-refractivity contribution >= 4 is 5.91 Å². The number of nitrogens with zero attached hydrogens (tertiary/aromatic N) is 1. The van der Waals surface area contributed by atoms with Crippen LogP contribution in [0, 0.1) is 0 Å². The average Bonchev–Trinajstić information content (AvgIpc) is 2.46. The molecule has 5 nitrogen and oxygen atoms in total. The molecule has 5 heteroatoms. The lowest BCUT2D eigenvalue weighted by atomic mass is 10.1. The molecule has 1 unspecified atom stereocenters. The van der Waals surface area contributed by atoms with Crippen LogP contribution in [0.5, 0.6) is 5.75 Å². The van der Waals surface area contributed by atoms with Crippen molar-refractivity contribution in [2.24, 2.45) is 0 Å². The van der Waals surface area contributed by atoms with Crippen molar-refractivity contribution in [3.05, 3.63) is 29.8 Å². The van der Waals surface area contributed by atoms with Crippen LogP contribution in [0.2, 0.25) is 0 Å². The van der Waals surface area contributed by atoms with Crippen molar-refractivity contribution in [3.63, 3.8) is 0 Å². The molecule has 1 amide bonds. The predicted molar refractivity (Wildman–Crippen MR) is 65.7 cm³/mol. The molecular weight excluding hydrogens is 234 g/mol. The zero-order valence-electron chi connectivity index (χ0n) is 10.3. The molecule has 1 heterocycles. The molecule has 0 aliphatic carbocycles. The molecule has 1 aromatic carbocycles. The third-order valence-electron chi connectivity index (χ3n) is 2.97. The molecule has 1 aliphatic rings. The van der Waals surface area contributed by atoms with Gasteiger partial charge in [0, 0.05) is 18.7 Å². The largest absolute Gasteiger partial charge is 0.497 e. The van der Waals surface area contributed by atoms with E-state index in [2.05, 4.69) is 0 Å². The molecule has 0 aromatic heterocycles. The Balaban J connectivity index is 2.05. The van der Waals surface area contributed by atoms with Crippen LogP contribution in [0.3, 0.4) is 0 Å². The molecule has 1 aliphatic heterocycles. The number of aliphatic hydroxyl groups is 1. The summed E-state index contributed by atoms with van der Waals surface area (Å²) in [6.45, 7) is 1.39. The Bertz CT molecular complexity index is 404. The highest BCUT2D eigenvalue weighted by molar-refractivity contribution is 5.94. The van der Waals surface area contributed by atoms with E-state index in [-0.39, 0.29) is 18.6 Å². The molecule has 1 saturated heterocycles. The van der Waals surface area contributed by atoms with Gasteiger partial charge in [0.2, 0.25) is 0 Å². The van der Waals surface area contributed by atoms with E-state index in [4.69, 9.17) is 14.6 Å². The molecule has 1 N–H and O–H groups in total. The summed E-state index contributed by atoms with van der Waals surface area (Å²) < 4.78 is 10.4. The lowest BCUT2D eigenvalue weighted by Crippen LogP contribution is -2.46. The first-order chi connectivity index (χ1) is 8.74. The molecule has 0 radical (unpaired) electrons. The van der Waals surface area contributed by atoms with Gasteiger partial charge < -0.3 is 19.5 Å². The summed E-state index contributed by atoms with van der Waals surface area (Å²) in [4.78, 5) is 13.9. The lowest BCUT2D eigenvalue weighted by molar-refractivity contribution is -0.0447. The van der Waals surface area contributed by atoms with E-state index in [0.717, 1.165) is 5.75 Å². The van der Waals surface area contributed by atoms with Gasteiger partial charge in [-0.1, -0.05) is 0 Å². The van der Waals surface area contributed by atoms with E-state index in [0.29, 0.717) is 25.3 Å². The Labute approximate surface area is 106 Å². The highest BCUT2D eigenvalue weighted by Crippen LogP contribution is 2.14. The summed E-state index contributed by atoms with van der Waals surface area (Å²) in [5.41, 5.74) is 0.620. The van der Waals surface area contributed by atoms with E-state index < -0.39 is 0 Å². The number of morpholine rings is 1. The molecule has 1 fully saturated rings. The van der Waals surface area contributed by atoms with Crippen LogP contribution in [0.25, 0.3) is 0 Å². The fraction of sp³-hybridized carbons (Fsp3) is 0.462. The Morgan fingerprint density at radius 1 is 1.50 bits per heavy atom. The van der Waals surface area contributed by atoms with Gasteiger partial charge in [-0.2, -0.15) is 0 Å². The van der Waals surface area contributed by atoms with Crippen LogP contribution in [0.4, 0.5) is 0 Å². The molecule has 98 valence electrons. The Morgan fingerprint density at radius 3 is 2.83 bits per heavy atom. The maximum absolute atomic E-state index is 12.2. The van der Waals surface area contributed by atoms with E-state index in [9.17, 15) is 4.79 Å². The molecule has 0 bridgehead atoms. The number of aliphatic hydroxyl groups excluding tert-OH is 1. The summed E-state index contributed by atoms with van der Waals surface area (Å²) in [5.74, 6) is 0.682. The van der Waals surface area contributed by atoms with E-state index in [1.807, 2.05) is 0 Å². The standard InChI is InChI=1S/C13H17NO4/c1-17-11-4-2-10(3-5-11)13(16)14-6-7-18-12(8-14)9-15/h2-5,12,15H,6-9H2,1H3. The number of ether oxygens (including phenoxy) is 2. The highest BCUT2D eigenvalue weighted by Gasteiger charge is 2.24. The van der Waals surface area contributed by atoms with Crippen LogP contribution >= 0.6 is 0 Å². The van der Waals surface area contributed by atoms with E-state index >= 15 is 0 Å². The first-order valence-electron chi connectivity index (χ1n) is 5.90. The number of hydrogen-bond acceptors (Lipinski definition) is 4.